The number of fused-ring (bicyclic) bond motifs is 1. The maximum absolute atomic E-state index is 9.32. The summed E-state index contributed by atoms with van der Waals surface area (Å²) in [5.41, 5.74) is 4.59. The number of methoxy groups -OCH3 is 1. The molecule has 0 unspecified atom stereocenters. The lowest BCUT2D eigenvalue weighted by Gasteiger charge is -2.20. The molecule has 0 spiro atoms. The predicted molar refractivity (Wildman–Crippen MR) is 81.0 cm³/mol. The van der Waals surface area contributed by atoms with Gasteiger partial charge in [0, 0.05) is 16.9 Å². The van der Waals surface area contributed by atoms with E-state index in [4.69, 9.17) is 4.74 Å². The van der Waals surface area contributed by atoms with Gasteiger partial charge < -0.3 is 15.2 Å². The first-order chi connectivity index (χ1) is 9.76. The standard InChI is InChI=1S/C17H17NO2/c1-20-15-9-10-16-12(11-15)3-2-4-17(16)18-13-5-7-14(19)8-6-13/h4-11,18-19H,2-3H2,1H3. The minimum absolute atomic E-state index is 0.276. The van der Waals surface area contributed by atoms with Gasteiger partial charge in [0.05, 0.1) is 7.11 Å². The normalized spacial score (nSPS) is 13.3. The Morgan fingerprint density at radius 1 is 1.10 bits per heavy atom. The van der Waals surface area contributed by atoms with Gasteiger partial charge in [-0.25, -0.2) is 0 Å². The third kappa shape index (κ3) is 2.48. The lowest BCUT2D eigenvalue weighted by atomic mass is 9.94. The van der Waals surface area contributed by atoms with E-state index in [1.807, 2.05) is 18.2 Å². The van der Waals surface area contributed by atoms with Crippen LogP contribution in [0.3, 0.4) is 0 Å². The molecule has 0 amide bonds. The average Bonchev–Trinajstić information content (AvgIpc) is 2.49. The highest BCUT2D eigenvalue weighted by Crippen LogP contribution is 2.30. The zero-order valence-electron chi connectivity index (χ0n) is 11.4. The summed E-state index contributed by atoms with van der Waals surface area (Å²) in [5, 5.41) is 12.7. The molecule has 2 aromatic rings. The second-order valence-corrected chi connectivity index (χ2v) is 4.85. The van der Waals surface area contributed by atoms with Crippen molar-refractivity contribution in [2.24, 2.45) is 0 Å². The van der Waals surface area contributed by atoms with Gasteiger partial charge in [-0.15, -0.1) is 0 Å². The van der Waals surface area contributed by atoms with E-state index in [1.54, 1.807) is 19.2 Å². The molecular weight excluding hydrogens is 250 g/mol. The van der Waals surface area contributed by atoms with Gasteiger partial charge in [-0.05, 0) is 60.9 Å². The summed E-state index contributed by atoms with van der Waals surface area (Å²) in [5.74, 6) is 1.17. The number of aryl methyl sites for hydroxylation is 1. The number of phenolic OH excluding ortho intramolecular Hbond substituents is 1. The predicted octanol–water partition coefficient (Wildman–Crippen LogP) is 3.80. The Bertz CT molecular complexity index is 645. The Kier molecular flexibility index (Phi) is 3.33. The smallest absolute Gasteiger partial charge is 0.119 e. The molecule has 20 heavy (non-hydrogen) atoms. The molecule has 0 heterocycles. The first-order valence-corrected chi connectivity index (χ1v) is 6.70. The van der Waals surface area contributed by atoms with Crippen molar-refractivity contribution >= 4 is 11.4 Å². The van der Waals surface area contributed by atoms with E-state index in [1.165, 1.54) is 11.1 Å². The summed E-state index contributed by atoms with van der Waals surface area (Å²) in [6.07, 6.45) is 4.26. The molecule has 0 bridgehead atoms. The van der Waals surface area contributed by atoms with Crippen LogP contribution >= 0.6 is 0 Å². The largest absolute Gasteiger partial charge is 0.508 e. The second kappa shape index (κ2) is 5.29. The Labute approximate surface area is 118 Å². The molecule has 1 aliphatic carbocycles. The molecule has 0 saturated carbocycles. The number of phenols is 1. The third-order valence-electron chi connectivity index (χ3n) is 3.51. The first-order valence-electron chi connectivity index (χ1n) is 6.70. The van der Waals surface area contributed by atoms with Crippen molar-refractivity contribution in [1.29, 1.82) is 0 Å². The van der Waals surface area contributed by atoms with Crippen molar-refractivity contribution in [2.45, 2.75) is 12.8 Å². The summed E-state index contributed by atoms with van der Waals surface area (Å²) in [6, 6.07) is 13.3. The lowest BCUT2D eigenvalue weighted by molar-refractivity contribution is 0.414. The van der Waals surface area contributed by atoms with E-state index >= 15 is 0 Å². The zero-order chi connectivity index (χ0) is 13.9. The summed E-state index contributed by atoms with van der Waals surface area (Å²) >= 11 is 0. The molecule has 102 valence electrons. The molecule has 2 aromatic carbocycles. The number of aromatic hydroxyl groups is 1. The van der Waals surface area contributed by atoms with Crippen LogP contribution in [0.25, 0.3) is 5.70 Å². The number of allylic oxidation sites excluding steroid dienone is 1. The van der Waals surface area contributed by atoms with Crippen LogP contribution in [0.5, 0.6) is 11.5 Å². The maximum atomic E-state index is 9.32. The quantitative estimate of drug-likeness (QED) is 0.831. The van der Waals surface area contributed by atoms with Crippen molar-refractivity contribution in [2.75, 3.05) is 12.4 Å². The van der Waals surface area contributed by atoms with Gasteiger partial charge >= 0.3 is 0 Å². The monoisotopic (exact) mass is 267 g/mol. The lowest BCUT2D eigenvalue weighted by Crippen LogP contribution is -2.07. The number of hydrogen-bond donors (Lipinski definition) is 2. The fourth-order valence-corrected chi connectivity index (χ4v) is 2.47. The molecular formula is C17H17NO2. The summed E-state index contributed by atoms with van der Waals surface area (Å²) in [7, 11) is 1.69. The number of anilines is 1. The Morgan fingerprint density at radius 2 is 1.90 bits per heavy atom. The van der Waals surface area contributed by atoms with Crippen LogP contribution in [-0.2, 0) is 6.42 Å². The summed E-state index contributed by atoms with van der Waals surface area (Å²) in [6.45, 7) is 0. The van der Waals surface area contributed by atoms with Crippen molar-refractivity contribution < 1.29 is 9.84 Å². The maximum Gasteiger partial charge on any atom is 0.119 e. The fourth-order valence-electron chi connectivity index (χ4n) is 2.47. The minimum Gasteiger partial charge on any atom is -0.508 e. The Hall–Kier alpha value is -2.42. The SMILES string of the molecule is COc1ccc2c(c1)CCC=C2Nc1ccc(O)cc1. The molecule has 2 N–H and O–H groups in total. The zero-order valence-corrected chi connectivity index (χ0v) is 11.4. The van der Waals surface area contributed by atoms with Gasteiger partial charge in [-0.2, -0.15) is 0 Å². The number of benzene rings is 2. The molecule has 3 nitrogen and oxygen atoms in total. The van der Waals surface area contributed by atoms with Crippen molar-refractivity contribution in [3.8, 4) is 11.5 Å². The number of rotatable bonds is 3. The molecule has 0 atom stereocenters. The summed E-state index contributed by atoms with van der Waals surface area (Å²) in [4.78, 5) is 0. The van der Waals surface area contributed by atoms with Crippen molar-refractivity contribution in [3.05, 3.63) is 59.7 Å². The van der Waals surface area contributed by atoms with E-state index in [9.17, 15) is 5.11 Å². The van der Waals surface area contributed by atoms with Crippen LogP contribution < -0.4 is 10.1 Å². The Morgan fingerprint density at radius 3 is 2.65 bits per heavy atom. The average molecular weight is 267 g/mol. The van der Waals surface area contributed by atoms with Crippen LogP contribution in [-0.4, -0.2) is 12.2 Å². The van der Waals surface area contributed by atoms with Gasteiger partial charge in [0.25, 0.3) is 0 Å². The molecule has 0 aromatic heterocycles. The van der Waals surface area contributed by atoms with Gasteiger partial charge in [-0.1, -0.05) is 6.08 Å². The topological polar surface area (TPSA) is 41.5 Å². The molecule has 3 heteroatoms. The van der Waals surface area contributed by atoms with Gasteiger partial charge in [-0.3, -0.25) is 0 Å². The van der Waals surface area contributed by atoms with Crippen LogP contribution in [0.1, 0.15) is 17.5 Å². The van der Waals surface area contributed by atoms with E-state index in [-0.39, 0.29) is 5.75 Å². The highest BCUT2D eigenvalue weighted by molar-refractivity contribution is 5.80. The molecule has 1 aliphatic rings. The summed E-state index contributed by atoms with van der Waals surface area (Å²) < 4.78 is 5.28. The molecule has 3 rings (SSSR count). The van der Waals surface area contributed by atoms with E-state index < -0.39 is 0 Å². The van der Waals surface area contributed by atoms with Crippen LogP contribution in [0.4, 0.5) is 5.69 Å². The fraction of sp³-hybridized carbons (Fsp3) is 0.176. The van der Waals surface area contributed by atoms with Crippen molar-refractivity contribution in [1.82, 2.24) is 0 Å². The molecule has 0 radical (unpaired) electrons. The third-order valence-corrected chi connectivity index (χ3v) is 3.51. The molecule has 0 fully saturated rings. The van der Waals surface area contributed by atoms with Crippen molar-refractivity contribution in [3.63, 3.8) is 0 Å². The number of ether oxygens (including phenoxy) is 1. The van der Waals surface area contributed by atoms with E-state index in [0.29, 0.717) is 0 Å². The molecule has 0 saturated heterocycles. The highest BCUT2D eigenvalue weighted by atomic mass is 16.5. The van der Waals surface area contributed by atoms with Gasteiger partial charge in [0.15, 0.2) is 0 Å². The Balaban J connectivity index is 1.88. The van der Waals surface area contributed by atoms with Gasteiger partial charge in [0.2, 0.25) is 0 Å². The minimum atomic E-state index is 0.276. The van der Waals surface area contributed by atoms with Crippen LogP contribution in [0.15, 0.2) is 48.5 Å². The van der Waals surface area contributed by atoms with E-state index in [2.05, 4.69) is 23.5 Å². The van der Waals surface area contributed by atoms with Gasteiger partial charge in [0.1, 0.15) is 11.5 Å². The first kappa shape index (κ1) is 12.6. The van der Waals surface area contributed by atoms with Crippen LogP contribution in [0.2, 0.25) is 0 Å². The number of nitrogens with one attached hydrogen (secondary N) is 1. The van der Waals surface area contributed by atoms with Crippen LogP contribution in [0, 0.1) is 0 Å². The number of hydrogen-bond acceptors (Lipinski definition) is 3. The van der Waals surface area contributed by atoms with E-state index in [0.717, 1.165) is 30.0 Å². The highest BCUT2D eigenvalue weighted by Gasteiger charge is 2.13. The second-order valence-electron chi connectivity index (χ2n) is 4.85. The molecule has 0 aliphatic heterocycles.